The number of ether oxygens (including phenoxy) is 1. The van der Waals surface area contributed by atoms with Crippen molar-refractivity contribution in [1.82, 2.24) is 20.9 Å². The number of amides is 4. The minimum absolute atomic E-state index is 0.0472. The number of phenols is 1. The van der Waals surface area contributed by atoms with E-state index >= 15 is 0 Å². The number of nitrogens with zero attached hydrogens (tertiary/aromatic N) is 1. The first-order valence-electron chi connectivity index (χ1n) is 12.1. The molecule has 11 nitrogen and oxygen atoms in total. The summed E-state index contributed by atoms with van der Waals surface area (Å²) in [5, 5.41) is 17.4. The second-order valence-corrected chi connectivity index (χ2v) is 9.36. The summed E-state index contributed by atoms with van der Waals surface area (Å²) in [7, 11) is 0. The van der Waals surface area contributed by atoms with Gasteiger partial charge >= 0.3 is 0 Å². The fraction of sp³-hybridized carbons (Fsp3) is 0.423. The van der Waals surface area contributed by atoms with Crippen molar-refractivity contribution in [1.29, 1.82) is 0 Å². The van der Waals surface area contributed by atoms with E-state index in [0.29, 0.717) is 24.9 Å². The molecule has 6 N–H and O–H groups in total. The molecular formula is C26H33N5O6. The van der Waals surface area contributed by atoms with Gasteiger partial charge in [-0.15, -0.1) is 0 Å². The molecular weight excluding hydrogens is 478 g/mol. The molecule has 11 heteroatoms. The van der Waals surface area contributed by atoms with Crippen molar-refractivity contribution >= 4 is 23.6 Å². The number of pyridine rings is 1. The van der Waals surface area contributed by atoms with Gasteiger partial charge in [-0.05, 0) is 42.2 Å². The highest BCUT2D eigenvalue weighted by molar-refractivity contribution is 5.97. The van der Waals surface area contributed by atoms with Crippen molar-refractivity contribution < 1.29 is 29.0 Å². The lowest BCUT2D eigenvalue weighted by Gasteiger charge is -2.23. The third kappa shape index (κ3) is 8.57. The lowest BCUT2D eigenvalue weighted by Crippen LogP contribution is -2.54. The van der Waals surface area contributed by atoms with Gasteiger partial charge in [-0.3, -0.25) is 24.2 Å². The van der Waals surface area contributed by atoms with E-state index in [1.165, 1.54) is 12.1 Å². The number of carbonyl (C=O) groups excluding carboxylic acids is 4. The minimum Gasteiger partial charge on any atom is -0.508 e. The predicted octanol–water partition coefficient (Wildman–Crippen LogP) is -0.0430. The summed E-state index contributed by atoms with van der Waals surface area (Å²) in [5.74, 6) is -2.18. The van der Waals surface area contributed by atoms with Crippen molar-refractivity contribution in [2.24, 2.45) is 11.7 Å². The minimum atomic E-state index is -1.02. The van der Waals surface area contributed by atoms with Crippen LogP contribution in [0.4, 0.5) is 0 Å². The zero-order chi connectivity index (χ0) is 26.9. The third-order valence-electron chi connectivity index (χ3n) is 5.79. The van der Waals surface area contributed by atoms with E-state index in [2.05, 4.69) is 20.9 Å². The molecule has 2 heterocycles. The van der Waals surface area contributed by atoms with E-state index in [4.69, 9.17) is 10.5 Å². The van der Waals surface area contributed by atoms with Gasteiger partial charge in [-0.2, -0.15) is 0 Å². The zero-order valence-corrected chi connectivity index (χ0v) is 20.8. The number of phenolic OH excluding ortho intramolecular Hbond substituents is 1. The second-order valence-electron chi connectivity index (χ2n) is 9.36. The standard InChI is InChI=1S/C26H33N5O6/c1-15(2)13-20(24(34)30-19(23(27)33)14-16-6-8-18(32)9-7-16)31-26(36)22-21(37-22)25(35)29-12-10-17-5-3-4-11-28-17/h3-9,11,15,19-22,32H,10,12-14H2,1-2H3,(H2,27,33)(H,29,35)(H,30,34)(H,31,36)/t19-,20-,21-,22?/m0/s1. The second kappa shape index (κ2) is 12.8. The van der Waals surface area contributed by atoms with Crippen molar-refractivity contribution in [2.75, 3.05) is 6.54 Å². The quantitative estimate of drug-likeness (QED) is 0.234. The lowest BCUT2D eigenvalue weighted by atomic mass is 10.0. The summed E-state index contributed by atoms with van der Waals surface area (Å²) in [6, 6.07) is 9.73. The van der Waals surface area contributed by atoms with Gasteiger partial charge in [0, 0.05) is 31.3 Å². The summed E-state index contributed by atoms with van der Waals surface area (Å²) in [5.41, 5.74) is 7.01. The molecule has 4 amide bonds. The van der Waals surface area contributed by atoms with Gasteiger partial charge in [0.05, 0.1) is 0 Å². The monoisotopic (exact) mass is 511 g/mol. The van der Waals surface area contributed by atoms with Crippen LogP contribution in [0.5, 0.6) is 5.75 Å². The number of primary amides is 1. The molecule has 4 atom stereocenters. The Balaban J connectivity index is 1.53. The van der Waals surface area contributed by atoms with Gasteiger partial charge in [-0.1, -0.05) is 32.0 Å². The lowest BCUT2D eigenvalue weighted by molar-refractivity contribution is -0.132. The summed E-state index contributed by atoms with van der Waals surface area (Å²) in [6.07, 6.45) is 0.703. The Morgan fingerprint density at radius 2 is 1.70 bits per heavy atom. The van der Waals surface area contributed by atoms with Gasteiger partial charge in [0.15, 0.2) is 12.2 Å². The largest absolute Gasteiger partial charge is 0.508 e. The third-order valence-corrected chi connectivity index (χ3v) is 5.79. The van der Waals surface area contributed by atoms with Gasteiger partial charge in [0.1, 0.15) is 17.8 Å². The van der Waals surface area contributed by atoms with E-state index in [1.54, 1.807) is 24.4 Å². The number of rotatable bonds is 13. The molecule has 1 unspecified atom stereocenters. The first-order chi connectivity index (χ1) is 17.6. The maximum Gasteiger partial charge on any atom is 0.253 e. The van der Waals surface area contributed by atoms with E-state index in [0.717, 1.165) is 5.69 Å². The maximum absolute atomic E-state index is 13.0. The summed E-state index contributed by atoms with van der Waals surface area (Å²) in [4.78, 5) is 54.3. The van der Waals surface area contributed by atoms with Gasteiger partial charge in [0.2, 0.25) is 11.8 Å². The molecule has 1 aromatic carbocycles. The van der Waals surface area contributed by atoms with Crippen LogP contribution in [-0.2, 0) is 36.8 Å². The Morgan fingerprint density at radius 1 is 1.00 bits per heavy atom. The van der Waals surface area contributed by atoms with Crippen LogP contribution in [0.3, 0.4) is 0 Å². The average molecular weight is 512 g/mol. The number of nitrogens with two attached hydrogens (primary N) is 1. The topological polar surface area (TPSA) is 176 Å². The average Bonchev–Trinajstić information content (AvgIpc) is 3.66. The van der Waals surface area contributed by atoms with E-state index in [1.807, 2.05) is 26.0 Å². The Morgan fingerprint density at radius 3 is 2.32 bits per heavy atom. The highest BCUT2D eigenvalue weighted by Gasteiger charge is 2.50. The Hall–Kier alpha value is -3.99. The van der Waals surface area contributed by atoms with Crippen molar-refractivity contribution in [3.8, 4) is 5.75 Å². The molecule has 0 spiro atoms. The van der Waals surface area contributed by atoms with E-state index < -0.39 is 47.9 Å². The predicted molar refractivity (Wildman–Crippen MR) is 134 cm³/mol. The van der Waals surface area contributed by atoms with Crippen LogP contribution >= 0.6 is 0 Å². The number of nitrogens with one attached hydrogen (secondary N) is 3. The highest BCUT2D eigenvalue weighted by atomic mass is 16.6. The maximum atomic E-state index is 13.0. The van der Waals surface area contributed by atoms with Crippen LogP contribution in [0.1, 0.15) is 31.5 Å². The number of epoxide rings is 1. The number of hydrogen-bond acceptors (Lipinski definition) is 7. The SMILES string of the molecule is CC(C)C[C@H](NC(=O)C1O[C@@H]1C(=O)NCCc1ccccn1)C(=O)N[C@@H](Cc1ccc(O)cc1)C(N)=O. The van der Waals surface area contributed by atoms with Crippen LogP contribution in [0, 0.1) is 5.92 Å². The van der Waals surface area contributed by atoms with Crippen LogP contribution < -0.4 is 21.7 Å². The molecule has 1 aliphatic rings. The summed E-state index contributed by atoms with van der Waals surface area (Å²) < 4.78 is 5.27. The van der Waals surface area contributed by atoms with Crippen LogP contribution in [0.25, 0.3) is 0 Å². The molecule has 3 rings (SSSR count). The summed E-state index contributed by atoms with van der Waals surface area (Å²) in [6.45, 7) is 4.12. The van der Waals surface area contributed by atoms with Crippen LogP contribution in [-0.4, -0.2) is 64.6 Å². The normalized spacial score (nSPS) is 17.9. The Bertz CT molecular complexity index is 1090. The van der Waals surface area contributed by atoms with Crippen LogP contribution in [0.15, 0.2) is 48.7 Å². The van der Waals surface area contributed by atoms with Crippen molar-refractivity contribution in [3.05, 3.63) is 59.9 Å². The van der Waals surface area contributed by atoms with Gasteiger partial charge in [-0.25, -0.2) is 0 Å². The van der Waals surface area contributed by atoms with E-state index in [-0.39, 0.29) is 18.1 Å². The molecule has 1 fully saturated rings. The molecule has 0 saturated carbocycles. The Kier molecular flexibility index (Phi) is 9.56. The molecule has 1 aliphatic heterocycles. The van der Waals surface area contributed by atoms with Gasteiger partial charge in [0.25, 0.3) is 11.8 Å². The van der Waals surface area contributed by atoms with E-state index in [9.17, 15) is 24.3 Å². The molecule has 1 aromatic heterocycles. The molecule has 1 saturated heterocycles. The fourth-order valence-corrected chi connectivity index (χ4v) is 3.79. The fourth-order valence-electron chi connectivity index (χ4n) is 3.79. The van der Waals surface area contributed by atoms with Crippen LogP contribution in [0.2, 0.25) is 0 Å². The number of hydrogen-bond donors (Lipinski definition) is 5. The first kappa shape index (κ1) is 27.6. The molecule has 198 valence electrons. The zero-order valence-electron chi connectivity index (χ0n) is 20.8. The van der Waals surface area contributed by atoms with Crippen molar-refractivity contribution in [2.45, 2.75) is 57.4 Å². The molecule has 0 bridgehead atoms. The molecule has 0 radical (unpaired) electrons. The van der Waals surface area contributed by atoms with Gasteiger partial charge < -0.3 is 31.5 Å². The first-order valence-corrected chi connectivity index (χ1v) is 12.1. The number of aromatic hydroxyl groups is 1. The van der Waals surface area contributed by atoms with Crippen molar-refractivity contribution in [3.63, 3.8) is 0 Å². The summed E-state index contributed by atoms with van der Waals surface area (Å²) >= 11 is 0. The number of carbonyl (C=O) groups is 4. The molecule has 2 aromatic rings. The number of aromatic nitrogens is 1. The highest BCUT2D eigenvalue weighted by Crippen LogP contribution is 2.23. The smallest absolute Gasteiger partial charge is 0.253 e. The molecule has 0 aliphatic carbocycles. The molecule has 37 heavy (non-hydrogen) atoms. The number of benzene rings is 1. The Labute approximate surface area is 215 Å².